The smallest absolute Gasteiger partial charge is 0.0717 e. The number of thioether (sulfide) groups is 1. The first-order chi connectivity index (χ1) is 10.1. The van der Waals surface area contributed by atoms with Crippen molar-refractivity contribution >= 4 is 23.4 Å². The molecule has 1 unspecified atom stereocenters. The normalized spacial score (nSPS) is 13.1. The third-order valence-electron chi connectivity index (χ3n) is 3.25. The molecule has 0 saturated carbocycles. The summed E-state index contributed by atoms with van der Waals surface area (Å²) in [6, 6.07) is 20.5. The van der Waals surface area contributed by atoms with Gasteiger partial charge in [0.05, 0.1) is 18.6 Å². The van der Waals surface area contributed by atoms with Crippen molar-refractivity contribution in [1.82, 2.24) is 0 Å². The zero-order valence-corrected chi connectivity index (χ0v) is 14.0. The van der Waals surface area contributed by atoms with E-state index in [-0.39, 0.29) is 10.1 Å². The predicted octanol–water partition coefficient (Wildman–Crippen LogP) is 5.38. The van der Waals surface area contributed by atoms with Gasteiger partial charge in [0.1, 0.15) is 0 Å². The molecule has 0 aromatic heterocycles. The average Bonchev–Trinajstić information content (AvgIpc) is 2.49. The number of ether oxygens (including phenoxy) is 1. The number of hydrogen-bond donors (Lipinski definition) is 0. The Balaban J connectivity index is 1.82. The molecule has 0 aliphatic heterocycles. The minimum atomic E-state index is -0.0837. The first-order valence-corrected chi connectivity index (χ1v) is 8.33. The highest BCUT2D eigenvalue weighted by atomic mass is 35.5. The molecule has 3 heteroatoms. The van der Waals surface area contributed by atoms with E-state index in [1.165, 1.54) is 10.5 Å². The zero-order chi connectivity index (χ0) is 15.1. The molecule has 0 spiro atoms. The Bertz CT molecular complexity index is 527. The van der Waals surface area contributed by atoms with Crippen molar-refractivity contribution in [1.29, 1.82) is 0 Å². The highest BCUT2D eigenvalue weighted by Crippen LogP contribution is 2.37. The van der Waals surface area contributed by atoms with Gasteiger partial charge >= 0.3 is 0 Å². The maximum absolute atomic E-state index is 6.54. The lowest BCUT2D eigenvalue weighted by atomic mass is 10.1. The summed E-state index contributed by atoms with van der Waals surface area (Å²) < 4.78 is 5.68. The molecule has 2 aromatic carbocycles. The molecule has 112 valence electrons. The molecule has 2 rings (SSSR count). The van der Waals surface area contributed by atoms with Crippen LogP contribution in [0.1, 0.15) is 19.4 Å². The molecule has 0 heterocycles. The largest absolute Gasteiger partial charge is 0.375 e. The molecule has 21 heavy (non-hydrogen) atoms. The number of benzene rings is 2. The van der Waals surface area contributed by atoms with Gasteiger partial charge in [-0.3, -0.25) is 0 Å². The number of alkyl halides is 1. The maximum Gasteiger partial charge on any atom is 0.0717 e. The minimum absolute atomic E-state index is 0.0496. The van der Waals surface area contributed by atoms with Crippen LogP contribution in [0.15, 0.2) is 65.6 Å². The van der Waals surface area contributed by atoms with E-state index < -0.39 is 0 Å². The van der Waals surface area contributed by atoms with Crippen molar-refractivity contribution in [2.45, 2.75) is 35.5 Å². The Morgan fingerprint density at radius 1 is 1.00 bits per heavy atom. The van der Waals surface area contributed by atoms with Crippen molar-refractivity contribution in [3.63, 3.8) is 0 Å². The van der Waals surface area contributed by atoms with E-state index in [1.807, 2.05) is 36.4 Å². The Hall–Kier alpha value is -0.960. The molecule has 2 aromatic rings. The van der Waals surface area contributed by atoms with E-state index in [1.54, 1.807) is 11.8 Å². The van der Waals surface area contributed by atoms with E-state index in [9.17, 15) is 0 Å². The van der Waals surface area contributed by atoms with Crippen LogP contribution >= 0.6 is 23.4 Å². The van der Waals surface area contributed by atoms with Crippen molar-refractivity contribution in [3.05, 3.63) is 66.2 Å². The second-order valence-corrected chi connectivity index (χ2v) is 7.74. The van der Waals surface area contributed by atoms with E-state index in [2.05, 4.69) is 38.1 Å². The summed E-state index contributed by atoms with van der Waals surface area (Å²) in [5.74, 6) is 0. The molecule has 1 nitrogen and oxygen atoms in total. The molecular formula is C18H21ClOS. The zero-order valence-electron chi connectivity index (χ0n) is 12.5. The Kier molecular flexibility index (Phi) is 6.16. The van der Waals surface area contributed by atoms with Crippen LogP contribution in [0.25, 0.3) is 0 Å². The van der Waals surface area contributed by atoms with Gasteiger partial charge in [-0.1, -0.05) is 48.5 Å². The van der Waals surface area contributed by atoms with Gasteiger partial charge in [0, 0.05) is 9.64 Å². The fraction of sp³-hybridized carbons (Fsp3) is 0.333. The molecule has 0 fully saturated rings. The quantitative estimate of drug-likeness (QED) is 0.500. The second-order valence-electron chi connectivity index (χ2n) is 5.49. The molecule has 0 aliphatic rings. The third kappa shape index (κ3) is 5.39. The summed E-state index contributed by atoms with van der Waals surface area (Å²) in [7, 11) is 0. The number of rotatable bonds is 7. The first-order valence-electron chi connectivity index (χ1n) is 7.08. The van der Waals surface area contributed by atoms with Gasteiger partial charge < -0.3 is 4.74 Å². The second kappa shape index (κ2) is 7.88. The number of hydrogen-bond acceptors (Lipinski definition) is 2. The molecule has 0 bridgehead atoms. The van der Waals surface area contributed by atoms with Crippen molar-refractivity contribution < 1.29 is 4.74 Å². The summed E-state index contributed by atoms with van der Waals surface area (Å²) in [6.45, 7) is 5.47. The summed E-state index contributed by atoms with van der Waals surface area (Å²) in [5.41, 5.74) is 1.18. The van der Waals surface area contributed by atoms with Crippen LogP contribution in [-0.4, -0.2) is 16.7 Å². The molecule has 0 saturated heterocycles. The van der Waals surface area contributed by atoms with Crippen LogP contribution in [0.3, 0.4) is 0 Å². The lowest BCUT2D eigenvalue weighted by Gasteiger charge is -2.29. The molecule has 0 N–H and O–H groups in total. The molecule has 0 aliphatic carbocycles. The summed E-state index contributed by atoms with van der Waals surface area (Å²) in [4.78, 5) is 1.23. The fourth-order valence-corrected chi connectivity index (χ4v) is 3.23. The summed E-state index contributed by atoms with van der Waals surface area (Å²) >= 11 is 8.33. The van der Waals surface area contributed by atoms with Gasteiger partial charge in [-0.2, -0.15) is 0 Å². The Morgan fingerprint density at radius 3 is 2.19 bits per heavy atom. The van der Waals surface area contributed by atoms with Crippen LogP contribution in [0, 0.1) is 0 Å². The monoisotopic (exact) mass is 320 g/mol. The number of halogens is 1. The first kappa shape index (κ1) is 16.4. The summed E-state index contributed by atoms with van der Waals surface area (Å²) in [5, 5.41) is -0.0496. The van der Waals surface area contributed by atoms with Gasteiger partial charge in [-0.25, -0.2) is 0 Å². The van der Waals surface area contributed by atoms with Gasteiger partial charge in [0.25, 0.3) is 0 Å². The Labute approximate surface area is 136 Å². The van der Waals surface area contributed by atoms with Gasteiger partial charge in [-0.05, 0) is 31.5 Å². The highest BCUT2D eigenvalue weighted by molar-refractivity contribution is 8.00. The predicted molar refractivity (Wildman–Crippen MR) is 92.1 cm³/mol. The summed E-state index contributed by atoms with van der Waals surface area (Å²) in [6.07, 6.45) is 0. The van der Waals surface area contributed by atoms with Crippen LogP contribution in [0.4, 0.5) is 0 Å². The van der Waals surface area contributed by atoms with Gasteiger partial charge in [0.2, 0.25) is 0 Å². The van der Waals surface area contributed by atoms with Crippen LogP contribution in [0.5, 0.6) is 0 Å². The molecule has 0 amide bonds. The van der Waals surface area contributed by atoms with E-state index in [0.717, 1.165) is 0 Å². The molecule has 0 radical (unpaired) electrons. The minimum Gasteiger partial charge on any atom is -0.375 e. The maximum atomic E-state index is 6.54. The lowest BCUT2D eigenvalue weighted by Crippen LogP contribution is -2.32. The standard InChI is InChI=1S/C18H21ClOS/c1-18(2,21-16-11-7-4-8-12-16)17(19)14-20-13-15-9-5-3-6-10-15/h3-12,17H,13-14H2,1-2H3. The fourth-order valence-electron chi connectivity index (χ4n) is 1.91. The van der Waals surface area contributed by atoms with Crippen LogP contribution in [0.2, 0.25) is 0 Å². The SMILES string of the molecule is CC(C)(Sc1ccccc1)C(Cl)COCc1ccccc1. The Morgan fingerprint density at radius 2 is 1.57 bits per heavy atom. The lowest BCUT2D eigenvalue weighted by molar-refractivity contribution is 0.116. The van der Waals surface area contributed by atoms with Gasteiger partial charge in [0.15, 0.2) is 0 Å². The van der Waals surface area contributed by atoms with Crippen molar-refractivity contribution in [3.8, 4) is 0 Å². The average molecular weight is 321 g/mol. The molecular weight excluding hydrogens is 300 g/mol. The van der Waals surface area contributed by atoms with Crippen LogP contribution < -0.4 is 0 Å². The van der Waals surface area contributed by atoms with E-state index >= 15 is 0 Å². The van der Waals surface area contributed by atoms with Crippen molar-refractivity contribution in [2.75, 3.05) is 6.61 Å². The highest BCUT2D eigenvalue weighted by Gasteiger charge is 2.29. The third-order valence-corrected chi connectivity index (χ3v) is 5.37. The topological polar surface area (TPSA) is 9.23 Å². The van der Waals surface area contributed by atoms with E-state index in [0.29, 0.717) is 13.2 Å². The van der Waals surface area contributed by atoms with Gasteiger partial charge in [-0.15, -0.1) is 23.4 Å². The van der Waals surface area contributed by atoms with Crippen LogP contribution in [-0.2, 0) is 11.3 Å². The molecule has 1 atom stereocenters. The van der Waals surface area contributed by atoms with Crippen molar-refractivity contribution in [2.24, 2.45) is 0 Å². The van der Waals surface area contributed by atoms with E-state index in [4.69, 9.17) is 16.3 Å².